The summed E-state index contributed by atoms with van der Waals surface area (Å²) in [6, 6.07) is 24.2. The van der Waals surface area contributed by atoms with E-state index in [0.717, 1.165) is 18.4 Å². The van der Waals surface area contributed by atoms with Crippen molar-refractivity contribution in [3.05, 3.63) is 102 Å². The predicted molar refractivity (Wildman–Crippen MR) is 114 cm³/mol. The third-order valence-corrected chi connectivity index (χ3v) is 5.05. The average molecular weight is 388 g/mol. The molecule has 0 N–H and O–H groups in total. The minimum atomic E-state index is -0.876. The number of halogens is 2. The molecule has 0 aromatic heterocycles. The van der Waals surface area contributed by atoms with Gasteiger partial charge in [-0.2, -0.15) is 0 Å². The summed E-state index contributed by atoms with van der Waals surface area (Å²) >= 11 is 0. The highest BCUT2D eigenvalue weighted by Crippen LogP contribution is 2.35. The van der Waals surface area contributed by atoms with E-state index >= 15 is 4.39 Å². The van der Waals surface area contributed by atoms with Crippen LogP contribution in [0.1, 0.15) is 24.5 Å². The molecule has 0 aliphatic carbocycles. The van der Waals surface area contributed by atoms with Gasteiger partial charge in [0.05, 0.1) is 5.39 Å². The molecule has 0 radical (unpaired) electrons. The Bertz CT molecular complexity index is 1120. The Morgan fingerprint density at radius 2 is 1.52 bits per heavy atom. The van der Waals surface area contributed by atoms with E-state index in [9.17, 15) is 4.39 Å². The van der Waals surface area contributed by atoms with Crippen LogP contribution in [-0.4, -0.2) is 0 Å². The average Bonchev–Trinajstić information content (AvgIpc) is 2.76. The van der Waals surface area contributed by atoms with Crippen molar-refractivity contribution in [1.29, 1.82) is 0 Å². The fraction of sp³-hybridized carbons (Fsp3) is 0.154. The number of fused-ring (bicyclic) bond motifs is 1. The first-order valence-corrected chi connectivity index (χ1v) is 9.84. The molecule has 29 heavy (non-hydrogen) atoms. The smallest absolute Gasteiger partial charge is 0.171 e. The second-order valence-corrected chi connectivity index (χ2v) is 7.13. The molecule has 0 unspecified atom stereocenters. The lowest BCUT2D eigenvalue weighted by Gasteiger charge is -2.13. The maximum Gasteiger partial charge on any atom is 0.171 e. The lowest BCUT2D eigenvalue weighted by atomic mass is 9.98. The van der Waals surface area contributed by atoms with E-state index in [0.29, 0.717) is 23.3 Å². The summed E-state index contributed by atoms with van der Waals surface area (Å²) in [5.74, 6) is -1.39. The summed E-state index contributed by atoms with van der Waals surface area (Å²) in [6.07, 6.45) is 2.01. The predicted octanol–water partition coefficient (Wildman–Crippen LogP) is 7.32. The summed E-state index contributed by atoms with van der Waals surface area (Å²) in [4.78, 5) is 0. The van der Waals surface area contributed by atoms with Crippen molar-refractivity contribution < 1.29 is 13.5 Å². The van der Waals surface area contributed by atoms with Crippen molar-refractivity contribution in [1.82, 2.24) is 0 Å². The largest absolute Gasteiger partial charge is 0.488 e. The first kappa shape index (κ1) is 19.1. The second kappa shape index (κ2) is 8.44. The van der Waals surface area contributed by atoms with Crippen LogP contribution in [0, 0.1) is 11.6 Å². The van der Waals surface area contributed by atoms with Crippen molar-refractivity contribution in [2.75, 3.05) is 0 Å². The number of hydrogen-bond acceptors (Lipinski definition) is 1. The molecule has 0 aliphatic heterocycles. The fourth-order valence-corrected chi connectivity index (χ4v) is 3.56. The van der Waals surface area contributed by atoms with Crippen LogP contribution in [0.5, 0.6) is 5.75 Å². The Balaban J connectivity index is 1.72. The van der Waals surface area contributed by atoms with Crippen LogP contribution < -0.4 is 4.74 Å². The summed E-state index contributed by atoms with van der Waals surface area (Å²) < 4.78 is 35.9. The minimum absolute atomic E-state index is 0.173. The molecule has 1 nitrogen and oxygen atoms in total. The van der Waals surface area contributed by atoms with Crippen LogP contribution in [0.25, 0.3) is 21.9 Å². The zero-order valence-electron chi connectivity index (χ0n) is 16.3. The Morgan fingerprint density at radius 1 is 0.759 bits per heavy atom. The quantitative estimate of drug-likeness (QED) is 0.336. The van der Waals surface area contributed by atoms with Crippen molar-refractivity contribution in [2.45, 2.75) is 26.4 Å². The SMILES string of the molecule is CCCc1ccc(-c2cc3cccc(OCc4ccccc4)c3c(F)c2F)cc1. The molecule has 0 aliphatic rings. The Morgan fingerprint density at radius 3 is 2.24 bits per heavy atom. The Kier molecular flexibility index (Phi) is 5.57. The van der Waals surface area contributed by atoms with Gasteiger partial charge in [-0.3, -0.25) is 0 Å². The van der Waals surface area contributed by atoms with Crippen LogP contribution >= 0.6 is 0 Å². The van der Waals surface area contributed by atoms with Crippen LogP contribution in [-0.2, 0) is 13.0 Å². The highest BCUT2D eigenvalue weighted by atomic mass is 19.2. The standard InChI is InChI=1S/C26H22F2O/c1-2-7-18-12-14-20(15-13-18)22-16-21-10-6-11-23(24(21)26(28)25(22)27)29-17-19-8-4-3-5-9-19/h3-6,8-16H,2,7,17H2,1H3. The van der Waals surface area contributed by atoms with Crippen LogP contribution in [0.4, 0.5) is 8.78 Å². The Labute approximate surface area is 169 Å². The monoisotopic (exact) mass is 388 g/mol. The van der Waals surface area contributed by atoms with E-state index in [-0.39, 0.29) is 10.9 Å². The maximum atomic E-state index is 15.1. The highest BCUT2D eigenvalue weighted by Gasteiger charge is 2.18. The van der Waals surface area contributed by atoms with E-state index in [1.165, 1.54) is 5.56 Å². The van der Waals surface area contributed by atoms with Crippen molar-refractivity contribution in [3.63, 3.8) is 0 Å². The van der Waals surface area contributed by atoms with Crippen LogP contribution in [0.15, 0.2) is 78.9 Å². The van der Waals surface area contributed by atoms with E-state index in [1.54, 1.807) is 24.3 Å². The van der Waals surface area contributed by atoms with E-state index in [1.807, 2.05) is 54.6 Å². The summed E-state index contributed by atoms with van der Waals surface area (Å²) in [5.41, 5.74) is 3.08. The summed E-state index contributed by atoms with van der Waals surface area (Å²) in [6.45, 7) is 2.41. The van der Waals surface area contributed by atoms with Gasteiger partial charge in [-0.05, 0) is 40.6 Å². The number of ether oxygens (including phenoxy) is 1. The number of hydrogen-bond donors (Lipinski definition) is 0. The molecule has 4 rings (SSSR count). The van der Waals surface area contributed by atoms with Gasteiger partial charge < -0.3 is 4.74 Å². The van der Waals surface area contributed by atoms with Gasteiger partial charge in [0.1, 0.15) is 12.4 Å². The highest BCUT2D eigenvalue weighted by molar-refractivity contribution is 5.92. The van der Waals surface area contributed by atoms with E-state index < -0.39 is 11.6 Å². The van der Waals surface area contributed by atoms with Crippen LogP contribution in [0.2, 0.25) is 0 Å². The molecule has 3 heteroatoms. The molecule has 0 saturated heterocycles. The van der Waals surface area contributed by atoms with Gasteiger partial charge in [0.15, 0.2) is 11.6 Å². The normalized spacial score (nSPS) is 11.0. The fourth-order valence-electron chi connectivity index (χ4n) is 3.56. The van der Waals surface area contributed by atoms with Crippen molar-refractivity contribution >= 4 is 10.8 Å². The molecule has 146 valence electrons. The summed E-state index contributed by atoms with van der Waals surface area (Å²) in [7, 11) is 0. The lowest BCUT2D eigenvalue weighted by Crippen LogP contribution is -1.99. The third kappa shape index (κ3) is 4.00. The van der Waals surface area contributed by atoms with E-state index in [4.69, 9.17) is 4.74 Å². The first-order valence-electron chi connectivity index (χ1n) is 9.84. The molecule has 0 fully saturated rings. The van der Waals surface area contributed by atoms with Gasteiger partial charge in [0.2, 0.25) is 0 Å². The minimum Gasteiger partial charge on any atom is -0.488 e. The zero-order valence-corrected chi connectivity index (χ0v) is 16.3. The lowest BCUT2D eigenvalue weighted by molar-refractivity contribution is 0.309. The number of rotatable bonds is 6. The van der Waals surface area contributed by atoms with Crippen molar-refractivity contribution in [2.24, 2.45) is 0 Å². The third-order valence-electron chi connectivity index (χ3n) is 5.05. The maximum absolute atomic E-state index is 15.1. The molecular formula is C26H22F2O. The molecule has 0 heterocycles. The molecular weight excluding hydrogens is 366 g/mol. The molecule has 4 aromatic carbocycles. The Hall–Kier alpha value is -3.20. The summed E-state index contributed by atoms with van der Waals surface area (Å²) in [5, 5.41) is 0.786. The number of benzene rings is 4. The molecule has 0 atom stereocenters. The molecule has 4 aromatic rings. The van der Waals surface area contributed by atoms with Gasteiger partial charge >= 0.3 is 0 Å². The molecule has 0 saturated carbocycles. The molecule has 0 spiro atoms. The van der Waals surface area contributed by atoms with Crippen molar-refractivity contribution in [3.8, 4) is 16.9 Å². The van der Waals surface area contributed by atoms with Gasteiger partial charge in [-0.25, -0.2) is 8.78 Å². The molecule has 0 bridgehead atoms. The first-order chi connectivity index (χ1) is 14.2. The zero-order chi connectivity index (χ0) is 20.2. The van der Waals surface area contributed by atoms with Gasteiger partial charge in [0.25, 0.3) is 0 Å². The van der Waals surface area contributed by atoms with Gasteiger partial charge in [0, 0.05) is 5.56 Å². The van der Waals surface area contributed by atoms with Gasteiger partial charge in [-0.1, -0.05) is 80.1 Å². The van der Waals surface area contributed by atoms with Gasteiger partial charge in [-0.15, -0.1) is 0 Å². The number of aryl methyl sites for hydroxylation is 1. The molecule has 0 amide bonds. The second-order valence-electron chi connectivity index (χ2n) is 7.13. The van der Waals surface area contributed by atoms with E-state index in [2.05, 4.69) is 6.92 Å². The topological polar surface area (TPSA) is 9.23 Å². The van der Waals surface area contributed by atoms with Crippen LogP contribution in [0.3, 0.4) is 0 Å².